The molecule has 0 amide bonds. The Morgan fingerprint density at radius 2 is 1.91 bits per heavy atom. The zero-order valence-corrected chi connectivity index (χ0v) is 6.50. The second-order valence-corrected chi connectivity index (χ2v) is 2.34. The molecule has 1 aromatic heterocycles. The van der Waals surface area contributed by atoms with Gasteiger partial charge in [-0.2, -0.15) is 0 Å². The van der Waals surface area contributed by atoms with Gasteiger partial charge in [0, 0.05) is 12.6 Å². The van der Waals surface area contributed by atoms with Crippen molar-refractivity contribution < 1.29 is 10.2 Å². The summed E-state index contributed by atoms with van der Waals surface area (Å²) in [4.78, 5) is 3.57. The Bertz CT molecular complexity index is 276. The van der Waals surface area contributed by atoms with Crippen LogP contribution in [-0.2, 0) is 7.05 Å². The topological polar surface area (TPSA) is 57.8 Å². The molecule has 11 heavy (non-hydrogen) atoms. The highest BCUT2D eigenvalue weighted by Crippen LogP contribution is 2.38. The number of hydrogen-bond acceptors (Lipinski definition) is 3. The van der Waals surface area contributed by atoms with Gasteiger partial charge in [-0.25, -0.2) is 0 Å². The average Bonchev–Trinajstić information content (AvgIpc) is 2.17. The first-order valence-corrected chi connectivity index (χ1v) is 3.13. The Morgan fingerprint density at radius 3 is 2.09 bits per heavy atom. The number of aliphatic imine (C=N–C) groups is 1. The predicted molar refractivity (Wildman–Crippen MR) is 42.7 cm³/mol. The van der Waals surface area contributed by atoms with Gasteiger partial charge >= 0.3 is 0 Å². The maximum absolute atomic E-state index is 9.27. The summed E-state index contributed by atoms with van der Waals surface area (Å²) in [7, 11) is 1.55. The number of aromatic hydroxyl groups is 2. The largest absolute Gasteiger partial charge is 0.494 e. The van der Waals surface area contributed by atoms with Crippen LogP contribution in [0.15, 0.2) is 4.99 Å². The first-order chi connectivity index (χ1) is 5.09. The van der Waals surface area contributed by atoms with Crippen molar-refractivity contribution in [1.29, 1.82) is 0 Å². The summed E-state index contributed by atoms with van der Waals surface area (Å²) < 4.78 is 1.25. The van der Waals surface area contributed by atoms with E-state index in [0.29, 0.717) is 11.3 Å². The highest BCUT2D eigenvalue weighted by atomic mass is 16.3. The summed E-state index contributed by atoms with van der Waals surface area (Å²) in [6.45, 7) is 4.94. The molecule has 0 saturated carbocycles. The lowest BCUT2D eigenvalue weighted by Gasteiger charge is -1.94. The Balaban J connectivity index is 3.47. The van der Waals surface area contributed by atoms with E-state index in [0.717, 1.165) is 0 Å². The minimum Gasteiger partial charge on any atom is -0.494 e. The summed E-state index contributed by atoms with van der Waals surface area (Å²) in [5.74, 6) is -0.0418. The van der Waals surface area contributed by atoms with Gasteiger partial charge in [0.25, 0.3) is 0 Å². The number of nitrogens with zero attached hydrogens (tertiary/aromatic N) is 2. The van der Waals surface area contributed by atoms with E-state index in [2.05, 4.69) is 11.7 Å². The highest BCUT2D eigenvalue weighted by Gasteiger charge is 2.14. The second-order valence-electron chi connectivity index (χ2n) is 2.34. The molecular weight excluding hydrogens is 144 g/mol. The SMILES string of the molecule is C=Nc1c(C)c(O)n(C)c1O. The molecule has 0 bridgehead atoms. The van der Waals surface area contributed by atoms with Crippen LogP contribution in [-0.4, -0.2) is 21.5 Å². The van der Waals surface area contributed by atoms with Crippen LogP contribution in [0, 0.1) is 6.92 Å². The fraction of sp³-hybridized carbons (Fsp3) is 0.286. The van der Waals surface area contributed by atoms with Gasteiger partial charge in [-0.1, -0.05) is 0 Å². The molecule has 0 atom stereocenters. The van der Waals surface area contributed by atoms with Crippen molar-refractivity contribution in [2.75, 3.05) is 0 Å². The Hall–Kier alpha value is -1.45. The van der Waals surface area contributed by atoms with Crippen LogP contribution >= 0.6 is 0 Å². The molecule has 0 unspecified atom stereocenters. The maximum Gasteiger partial charge on any atom is 0.220 e. The van der Waals surface area contributed by atoms with Gasteiger partial charge in [-0.3, -0.25) is 9.56 Å². The van der Waals surface area contributed by atoms with Crippen molar-refractivity contribution in [3.63, 3.8) is 0 Å². The van der Waals surface area contributed by atoms with Crippen LogP contribution in [0.4, 0.5) is 5.69 Å². The lowest BCUT2D eigenvalue weighted by molar-refractivity contribution is 0.386. The van der Waals surface area contributed by atoms with Crippen LogP contribution in [0.2, 0.25) is 0 Å². The van der Waals surface area contributed by atoms with E-state index in [1.165, 1.54) is 4.57 Å². The molecule has 0 saturated heterocycles. The maximum atomic E-state index is 9.27. The van der Waals surface area contributed by atoms with E-state index in [1.54, 1.807) is 14.0 Å². The van der Waals surface area contributed by atoms with Gasteiger partial charge in [0.2, 0.25) is 5.88 Å². The van der Waals surface area contributed by atoms with Crippen LogP contribution in [0.3, 0.4) is 0 Å². The molecule has 60 valence electrons. The summed E-state index contributed by atoms with van der Waals surface area (Å²) in [5, 5.41) is 18.5. The molecule has 0 spiro atoms. The Morgan fingerprint density at radius 1 is 1.36 bits per heavy atom. The molecule has 2 N–H and O–H groups in total. The highest BCUT2D eigenvalue weighted by molar-refractivity contribution is 5.63. The van der Waals surface area contributed by atoms with Crippen molar-refractivity contribution in [2.24, 2.45) is 12.0 Å². The van der Waals surface area contributed by atoms with E-state index in [4.69, 9.17) is 0 Å². The Kier molecular flexibility index (Phi) is 1.60. The Labute approximate surface area is 64.4 Å². The third-order valence-electron chi connectivity index (χ3n) is 1.70. The summed E-state index contributed by atoms with van der Waals surface area (Å²) in [6.07, 6.45) is 0. The van der Waals surface area contributed by atoms with Crippen molar-refractivity contribution >= 4 is 12.4 Å². The third kappa shape index (κ3) is 0.869. The van der Waals surface area contributed by atoms with Gasteiger partial charge in [0.15, 0.2) is 5.88 Å². The fourth-order valence-corrected chi connectivity index (χ4v) is 0.974. The zero-order chi connectivity index (χ0) is 8.59. The van der Waals surface area contributed by atoms with Crippen LogP contribution in [0.25, 0.3) is 0 Å². The molecule has 0 aliphatic rings. The zero-order valence-electron chi connectivity index (χ0n) is 6.50. The molecule has 0 radical (unpaired) electrons. The second kappa shape index (κ2) is 2.30. The molecule has 4 nitrogen and oxygen atoms in total. The van der Waals surface area contributed by atoms with Gasteiger partial charge in [0.1, 0.15) is 5.69 Å². The smallest absolute Gasteiger partial charge is 0.220 e. The van der Waals surface area contributed by atoms with E-state index >= 15 is 0 Å². The van der Waals surface area contributed by atoms with Crippen molar-refractivity contribution in [3.05, 3.63) is 5.56 Å². The summed E-state index contributed by atoms with van der Waals surface area (Å²) in [5.41, 5.74) is 0.880. The standard InChI is InChI=1S/C7H10N2O2/c1-4-5(8-2)7(11)9(3)6(4)10/h10-11H,2H2,1,3H3. The molecule has 0 aromatic carbocycles. The molecular formula is C7H10N2O2. The average molecular weight is 154 g/mol. The lowest BCUT2D eigenvalue weighted by atomic mass is 10.3. The molecule has 1 aromatic rings. The summed E-state index contributed by atoms with van der Waals surface area (Å²) in [6, 6.07) is 0. The minimum atomic E-state index is -0.0602. The molecule has 0 aliphatic heterocycles. The molecule has 1 rings (SSSR count). The van der Waals surface area contributed by atoms with E-state index in [1.807, 2.05) is 0 Å². The van der Waals surface area contributed by atoms with Gasteiger partial charge in [-0.05, 0) is 13.6 Å². The first-order valence-electron chi connectivity index (χ1n) is 3.13. The quantitative estimate of drug-likeness (QED) is 0.594. The van der Waals surface area contributed by atoms with Crippen molar-refractivity contribution in [3.8, 4) is 11.8 Å². The van der Waals surface area contributed by atoms with Crippen molar-refractivity contribution in [2.45, 2.75) is 6.92 Å². The van der Waals surface area contributed by atoms with Crippen LogP contribution < -0.4 is 0 Å². The minimum absolute atomic E-state index is 0.0184. The van der Waals surface area contributed by atoms with Gasteiger partial charge in [0.05, 0.1) is 0 Å². The van der Waals surface area contributed by atoms with Gasteiger partial charge < -0.3 is 10.2 Å². The van der Waals surface area contributed by atoms with Crippen LogP contribution in [0.1, 0.15) is 5.56 Å². The third-order valence-corrected chi connectivity index (χ3v) is 1.70. The predicted octanol–water partition coefficient (Wildman–Crippen LogP) is 1.08. The lowest BCUT2D eigenvalue weighted by Crippen LogP contribution is -1.83. The summed E-state index contributed by atoms with van der Waals surface area (Å²) >= 11 is 0. The van der Waals surface area contributed by atoms with E-state index in [9.17, 15) is 10.2 Å². The van der Waals surface area contributed by atoms with E-state index in [-0.39, 0.29) is 11.8 Å². The molecule has 4 heteroatoms. The molecule has 1 heterocycles. The molecule has 0 fully saturated rings. The van der Waals surface area contributed by atoms with Crippen LogP contribution in [0.5, 0.6) is 11.8 Å². The van der Waals surface area contributed by atoms with Crippen molar-refractivity contribution in [1.82, 2.24) is 4.57 Å². The van der Waals surface area contributed by atoms with Gasteiger partial charge in [-0.15, -0.1) is 0 Å². The first kappa shape index (κ1) is 7.65. The normalized spacial score (nSPS) is 10.0. The number of aromatic nitrogens is 1. The molecule has 0 aliphatic carbocycles. The fourth-order valence-electron chi connectivity index (χ4n) is 0.974. The monoisotopic (exact) mass is 154 g/mol. The number of hydrogen-bond donors (Lipinski definition) is 2. The van der Waals surface area contributed by atoms with E-state index < -0.39 is 0 Å². The number of rotatable bonds is 1.